The quantitative estimate of drug-likeness (QED) is 0.671. The van der Waals surface area contributed by atoms with Crippen LogP contribution in [0.15, 0.2) is 47.4 Å². The Balaban J connectivity index is 2.14. The number of carbonyl (C=O) groups is 1. The number of rotatable bonds is 8. The molecule has 2 N–H and O–H groups in total. The molecule has 0 unspecified atom stereocenters. The van der Waals surface area contributed by atoms with Gasteiger partial charge in [-0.3, -0.25) is 9.52 Å². The molecule has 6 nitrogen and oxygen atoms in total. The minimum absolute atomic E-state index is 0.136. The van der Waals surface area contributed by atoms with Crippen LogP contribution in [0.2, 0.25) is 0 Å². The van der Waals surface area contributed by atoms with Crippen LogP contribution in [-0.2, 0) is 10.0 Å². The van der Waals surface area contributed by atoms with Crippen LogP contribution in [0.25, 0.3) is 0 Å². The summed E-state index contributed by atoms with van der Waals surface area (Å²) >= 11 is 0. The molecule has 2 rings (SSSR count). The molecule has 0 aliphatic carbocycles. The van der Waals surface area contributed by atoms with Gasteiger partial charge < -0.3 is 10.2 Å². The highest BCUT2D eigenvalue weighted by atomic mass is 32.2. The van der Waals surface area contributed by atoms with Gasteiger partial charge in [-0.05, 0) is 57.4 Å². The molecule has 0 bridgehead atoms. The van der Waals surface area contributed by atoms with Gasteiger partial charge in [0.1, 0.15) is 17.3 Å². The van der Waals surface area contributed by atoms with Crippen LogP contribution in [0, 0.1) is 11.6 Å². The summed E-state index contributed by atoms with van der Waals surface area (Å²) in [6.45, 7) is 1.24. The van der Waals surface area contributed by atoms with Gasteiger partial charge >= 0.3 is 0 Å². The van der Waals surface area contributed by atoms with Crippen LogP contribution in [0.4, 0.5) is 14.5 Å². The number of sulfonamides is 1. The first kappa shape index (κ1) is 20.8. The molecule has 0 aliphatic rings. The van der Waals surface area contributed by atoms with Crippen LogP contribution < -0.4 is 10.0 Å². The maximum absolute atomic E-state index is 13.7. The first-order chi connectivity index (χ1) is 12.7. The molecule has 9 heteroatoms. The zero-order chi connectivity index (χ0) is 20.0. The number of hydrogen-bond donors (Lipinski definition) is 2. The molecule has 0 radical (unpaired) electrons. The lowest BCUT2D eigenvalue weighted by molar-refractivity contribution is 0.0952. The summed E-state index contributed by atoms with van der Waals surface area (Å²) in [4.78, 5) is 13.9. The fourth-order valence-corrected chi connectivity index (χ4v) is 3.41. The summed E-state index contributed by atoms with van der Waals surface area (Å²) in [6.07, 6.45) is 0.741. The molecule has 0 aromatic heterocycles. The van der Waals surface area contributed by atoms with Gasteiger partial charge in [-0.15, -0.1) is 0 Å². The van der Waals surface area contributed by atoms with E-state index in [9.17, 15) is 22.0 Å². The van der Waals surface area contributed by atoms with Crippen molar-refractivity contribution < 1.29 is 22.0 Å². The summed E-state index contributed by atoms with van der Waals surface area (Å²) in [6, 6.07) is 8.26. The van der Waals surface area contributed by atoms with Crippen molar-refractivity contribution >= 4 is 21.6 Å². The summed E-state index contributed by atoms with van der Waals surface area (Å²) in [5.41, 5.74) is -0.632. The highest BCUT2D eigenvalue weighted by Gasteiger charge is 2.20. The van der Waals surface area contributed by atoms with Crippen LogP contribution in [0.1, 0.15) is 16.8 Å². The van der Waals surface area contributed by atoms with Crippen molar-refractivity contribution in [2.45, 2.75) is 11.3 Å². The van der Waals surface area contributed by atoms with E-state index in [-0.39, 0.29) is 10.5 Å². The fraction of sp³-hybridized carbons (Fsp3) is 0.278. The standard InChI is InChI=1S/C18H21F2N3O3S/c1-23(2)11-5-10-21-18(24)13-6-3-7-14(12-13)27(25,26)22-17-15(19)8-4-9-16(17)20/h3-4,6-9,12,22H,5,10-11H2,1-2H3,(H,21,24). The molecule has 146 valence electrons. The normalized spacial score (nSPS) is 11.4. The third kappa shape index (κ3) is 5.73. The predicted octanol–water partition coefficient (Wildman–Crippen LogP) is 2.45. The molecule has 0 spiro atoms. The summed E-state index contributed by atoms with van der Waals surface area (Å²) < 4.78 is 54.2. The van der Waals surface area contributed by atoms with Crippen molar-refractivity contribution in [3.63, 3.8) is 0 Å². The predicted molar refractivity (Wildman–Crippen MR) is 99.1 cm³/mol. The van der Waals surface area contributed by atoms with Crippen molar-refractivity contribution in [2.75, 3.05) is 31.9 Å². The maximum Gasteiger partial charge on any atom is 0.262 e. The zero-order valence-corrected chi connectivity index (χ0v) is 15.8. The van der Waals surface area contributed by atoms with Crippen molar-refractivity contribution in [3.8, 4) is 0 Å². The van der Waals surface area contributed by atoms with Gasteiger partial charge in [0.05, 0.1) is 4.90 Å². The lowest BCUT2D eigenvalue weighted by Gasteiger charge is -2.12. The van der Waals surface area contributed by atoms with Gasteiger partial charge in [0.2, 0.25) is 0 Å². The minimum atomic E-state index is -4.27. The first-order valence-corrected chi connectivity index (χ1v) is 9.69. The van der Waals surface area contributed by atoms with Crippen LogP contribution in [0.3, 0.4) is 0 Å². The van der Waals surface area contributed by atoms with Crippen molar-refractivity contribution in [1.82, 2.24) is 10.2 Å². The van der Waals surface area contributed by atoms with E-state index in [2.05, 4.69) is 5.32 Å². The lowest BCUT2D eigenvalue weighted by atomic mass is 10.2. The number of benzene rings is 2. The average molecular weight is 397 g/mol. The van der Waals surface area contributed by atoms with E-state index in [0.717, 1.165) is 37.2 Å². The number of amides is 1. The third-order valence-electron chi connectivity index (χ3n) is 3.67. The highest BCUT2D eigenvalue weighted by molar-refractivity contribution is 7.92. The average Bonchev–Trinajstić information content (AvgIpc) is 2.62. The van der Waals surface area contributed by atoms with Crippen molar-refractivity contribution in [2.24, 2.45) is 0 Å². The molecule has 0 saturated carbocycles. The van der Waals surface area contributed by atoms with Crippen LogP contribution in [-0.4, -0.2) is 46.4 Å². The second-order valence-corrected chi connectivity index (χ2v) is 7.83. The summed E-state index contributed by atoms with van der Waals surface area (Å²) in [7, 11) is -0.431. The second-order valence-electron chi connectivity index (χ2n) is 6.14. The Hall–Kier alpha value is -2.52. The van der Waals surface area contributed by atoms with Gasteiger partial charge in [0, 0.05) is 12.1 Å². The number of nitrogens with one attached hydrogen (secondary N) is 2. The topological polar surface area (TPSA) is 78.5 Å². The zero-order valence-electron chi connectivity index (χ0n) is 15.0. The lowest BCUT2D eigenvalue weighted by Crippen LogP contribution is -2.27. The third-order valence-corrected chi connectivity index (χ3v) is 5.02. The second kappa shape index (κ2) is 8.92. The van der Waals surface area contributed by atoms with E-state index in [1.807, 2.05) is 23.7 Å². The molecule has 0 fully saturated rings. The molecule has 0 saturated heterocycles. The molecule has 0 heterocycles. The van der Waals surface area contributed by atoms with E-state index < -0.39 is 33.3 Å². The number of hydrogen-bond acceptors (Lipinski definition) is 4. The van der Waals surface area contributed by atoms with E-state index in [4.69, 9.17) is 0 Å². The first-order valence-electron chi connectivity index (χ1n) is 8.20. The Morgan fingerprint density at radius 3 is 2.33 bits per heavy atom. The molecule has 1 amide bonds. The SMILES string of the molecule is CN(C)CCCNC(=O)c1cccc(S(=O)(=O)Nc2c(F)cccc2F)c1. The van der Waals surface area contributed by atoms with Gasteiger partial charge in [-0.25, -0.2) is 17.2 Å². The number of para-hydroxylation sites is 1. The Kier molecular flexibility index (Phi) is 6.86. The fourth-order valence-electron chi connectivity index (χ4n) is 2.29. The van der Waals surface area contributed by atoms with Gasteiger partial charge in [0.15, 0.2) is 0 Å². The molecular weight excluding hydrogens is 376 g/mol. The molecule has 0 atom stereocenters. The molecule has 2 aromatic carbocycles. The number of nitrogens with zero attached hydrogens (tertiary/aromatic N) is 1. The smallest absolute Gasteiger partial charge is 0.262 e. The van der Waals surface area contributed by atoms with Crippen LogP contribution in [0.5, 0.6) is 0 Å². The summed E-state index contributed by atoms with van der Waals surface area (Å²) in [5, 5.41) is 2.70. The Labute approximate surface area is 157 Å². The number of halogens is 2. The minimum Gasteiger partial charge on any atom is -0.352 e. The van der Waals surface area contributed by atoms with Crippen LogP contribution >= 0.6 is 0 Å². The molecule has 27 heavy (non-hydrogen) atoms. The van der Waals surface area contributed by atoms with E-state index >= 15 is 0 Å². The summed E-state index contributed by atoms with van der Waals surface area (Å²) in [5.74, 6) is -2.50. The Morgan fingerprint density at radius 1 is 1.07 bits per heavy atom. The Morgan fingerprint density at radius 2 is 1.70 bits per heavy atom. The highest BCUT2D eigenvalue weighted by Crippen LogP contribution is 2.22. The molecule has 0 aliphatic heterocycles. The van der Waals surface area contributed by atoms with E-state index in [0.29, 0.717) is 6.54 Å². The monoisotopic (exact) mass is 397 g/mol. The van der Waals surface area contributed by atoms with E-state index in [1.54, 1.807) is 0 Å². The van der Waals surface area contributed by atoms with Gasteiger partial charge in [-0.2, -0.15) is 0 Å². The van der Waals surface area contributed by atoms with Crippen molar-refractivity contribution in [1.29, 1.82) is 0 Å². The number of anilines is 1. The van der Waals surface area contributed by atoms with Gasteiger partial charge in [-0.1, -0.05) is 12.1 Å². The number of carbonyl (C=O) groups excluding carboxylic acids is 1. The van der Waals surface area contributed by atoms with Gasteiger partial charge in [0.25, 0.3) is 15.9 Å². The largest absolute Gasteiger partial charge is 0.352 e. The Bertz CT molecular complexity index is 898. The van der Waals surface area contributed by atoms with Crippen molar-refractivity contribution in [3.05, 3.63) is 59.7 Å². The molecule has 2 aromatic rings. The van der Waals surface area contributed by atoms with E-state index in [1.165, 1.54) is 18.2 Å². The maximum atomic E-state index is 13.7. The molecular formula is C18H21F2N3O3S.